The first-order chi connectivity index (χ1) is 16.4. The molecule has 1 aromatic carbocycles. The monoisotopic (exact) mass is 480 g/mol. The van der Waals surface area contributed by atoms with Crippen molar-refractivity contribution in [1.29, 1.82) is 0 Å². The summed E-state index contributed by atoms with van der Waals surface area (Å²) in [6.07, 6.45) is 3.28. The van der Waals surface area contributed by atoms with Gasteiger partial charge in [-0.05, 0) is 56.9 Å². The van der Waals surface area contributed by atoms with E-state index >= 15 is 0 Å². The number of thiazole rings is 1. The van der Waals surface area contributed by atoms with Crippen LogP contribution in [0.1, 0.15) is 46.3 Å². The molecule has 0 radical (unpaired) electrons. The maximum Gasteiger partial charge on any atom is 0.274 e. The third-order valence-corrected chi connectivity index (χ3v) is 7.05. The second-order valence-electron chi connectivity index (χ2n) is 8.57. The molecule has 3 aromatic heterocycles. The number of carbonyl (C=O) groups excluding carboxylic acids is 1. The quantitative estimate of drug-likeness (QED) is 0.415. The highest BCUT2D eigenvalue weighted by Gasteiger charge is 2.32. The molecule has 1 fully saturated rings. The molecule has 4 heterocycles. The Balaban J connectivity index is 1.39. The van der Waals surface area contributed by atoms with E-state index in [9.17, 15) is 9.18 Å². The number of carbonyl (C=O) groups is 1. The summed E-state index contributed by atoms with van der Waals surface area (Å²) in [4.78, 5) is 20.9. The maximum atomic E-state index is 13.7. The summed E-state index contributed by atoms with van der Waals surface area (Å²) >= 11 is 1.44. The lowest BCUT2D eigenvalue weighted by Crippen LogP contribution is -2.45. The average molecular weight is 481 g/mol. The molecule has 8 nitrogen and oxygen atoms in total. The van der Waals surface area contributed by atoms with Gasteiger partial charge in [-0.1, -0.05) is 12.1 Å². The molecular weight excluding hydrogens is 455 g/mol. The Kier molecular flexibility index (Phi) is 5.99. The number of likely N-dealkylation sites (tertiary alicyclic amines) is 1. The lowest BCUT2D eigenvalue weighted by molar-refractivity contribution is 0.0601. The van der Waals surface area contributed by atoms with Crippen LogP contribution in [0.3, 0.4) is 0 Å². The number of benzene rings is 1. The van der Waals surface area contributed by atoms with Gasteiger partial charge in [0.1, 0.15) is 17.2 Å². The van der Waals surface area contributed by atoms with E-state index in [0.717, 1.165) is 46.1 Å². The number of hydrogen-bond donors (Lipinski definition) is 0. The highest BCUT2D eigenvalue weighted by atomic mass is 32.1. The maximum absolute atomic E-state index is 13.7. The Labute approximate surface area is 200 Å². The summed E-state index contributed by atoms with van der Waals surface area (Å²) < 4.78 is 21.1. The third-order valence-electron chi connectivity index (χ3n) is 6.03. The molecule has 1 amide bonds. The van der Waals surface area contributed by atoms with Crippen LogP contribution in [-0.2, 0) is 13.5 Å². The number of halogens is 1. The molecular formula is C24H25FN6O2S. The number of hydrogen-bond acceptors (Lipinski definition) is 7. The fourth-order valence-electron chi connectivity index (χ4n) is 4.44. The molecule has 34 heavy (non-hydrogen) atoms. The van der Waals surface area contributed by atoms with Crippen LogP contribution in [0.25, 0.3) is 22.0 Å². The average Bonchev–Trinajstić information content (AvgIpc) is 3.52. The van der Waals surface area contributed by atoms with Crippen LogP contribution in [0.15, 0.2) is 34.7 Å². The molecule has 5 rings (SSSR count). The summed E-state index contributed by atoms with van der Waals surface area (Å²) in [5, 5.41) is 13.6. The van der Waals surface area contributed by atoms with Crippen molar-refractivity contribution >= 4 is 17.2 Å². The van der Waals surface area contributed by atoms with Crippen molar-refractivity contribution in [2.45, 2.75) is 45.6 Å². The number of amides is 1. The molecule has 0 spiro atoms. The van der Waals surface area contributed by atoms with E-state index in [2.05, 4.69) is 20.3 Å². The Morgan fingerprint density at radius 3 is 2.74 bits per heavy atom. The van der Waals surface area contributed by atoms with Crippen LogP contribution in [-0.4, -0.2) is 48.4 Å². The fourth-order valence-corrected chi connectivity index (χ4v) is 5.35. The predicted octanol–water partition coefficient (Wildman–Crippen LogP) is 4.59. The zero-order chi connectivity index (χ0) is 23.8. The van der Waals surface area contributed by atoms with E-state index in [1.807, 2.05) is 31.9 Å². The fraction of sp³-hybridized carbons (Fsp3) is 0.375. The van der Waals surface area contributed by atoms with Gasteiger partial charge in [0.2, 0.25) is 5.89 Å². The van der Waals surface area contributed by atoms with E-state index in [0.29, 0.717) is 30.4 Å². The van der Waals surface area contributed by atoms with Gasteiger partial charge in [-0.3, -0.25) is 9.48 Å². The van der Waals surface area contributed by atoms with Gasteiger partial charge in [0.25, 0.3) is 11.8 Å². The van der Waals surface area contributed by atoms with Crippen LogP contribution >= 0.6 is 11.3 Å². The molecule has 1 aliphatic heterocycles. The van der Waals surface area contributed by atoms with Crippen molar-refractivity contribution in [2.75, 3.05) is 6.54 Å². The number of piperidine rings is 1. The first-order valence-corrected chi connectivity index (χ1v) is 12.1. The number of rotatable bonds is 5. The minimum Gasteiger partial charge on any atom is -0.419 e. The number of aryl methyl sites for hydroxylation is 3. The second kappa shape index (κ2) is 9.09. The zero-order valence-electron chi connectivity index (χ0n) is 19.3. The van der Waals surface area contributed by atoms with Gasteiger partial charge in [-0.2, -0.15) is 5.10 Å². The molecule has 4 aromatic rings. The van der Waals surface area contributed by atoms with E-state index < -0.39 is 0 Å². The largest absolute Gasteiger partial charge is 0.419 e. The Bertz CT molecular complexity index is 1330. The van der Waals surface area contributed by atoms with Gasteiger partial charge in [0.15, 0.2) is 0 Å². The van der Waals surface area contributed by atoms with Crippen molar-refractivity contribution in [1.82, 2.24) is 29.9 Å². The Morgan fingerprint density at radius 2 is 2.00 bits per heavy atom. The lowest BCUT2D eigenvalue weighted by Gasteiger charge is -2.35. The number of nitrogens with zero attached hydrogens (tertiary/aromatic N) is 6. The summed E-state index contributed by atoms with van der Waals surface area (Å²) in [5.41, 5.74) is 2.83. The first-order valence-electron chi connectivity index (χ1n) is 11.3. The van der Waals surface area contributed by atoms with E-state index in [4.69, 9.17) is 4.42 Å². The SMILES string of the molecule is Cc1cc(-c2nnc(CC3CCCCN3C(=O)c3nc(C)sc3-c3ccc(F)cc3)o2)n(C)n1. The molecule has 0 saturated carbocycles. The van der Waals surface area contributed by atoms with Gasteiger partial charge < -0.3 is 9.32 Å². The zero-order valence-corrected chi connectivity index (χ0v) is 20.1. The molecule has 10 heteroatoms. The molecule has 0 N–H and O–H groups in total. The normalized spacial score (nSPS) is 16.2. The van der Waals surface area contributed by atoms with E-state index in [1.54, 1.807) is 16.8 Å². The predicted molar refractivity (Wildman–Crippen MR) is 126 cm³/mol. The summed E-state index contributed by atoms with van der Waals surface area (Å²) in [6, 6.07) is 8.01. The Hall–Kier alpha value is -3.40. The summed E-state index contributed by atoms with van der Waals surface area (Å²) in [7, 11) is 1.84. The van der Waals surface area contributed by atoms with E-state index in [-0.39, 0.29) is 17.8 Å². The molecule has 1 saturated heterocycles. The highest BCUT2D eigenvalue weighted by Crippen LogP contribution is 2.33. The van der Waals surface area contributed by atoms with Crippen molar-refractivity contribution < 1.29 is 13.6 Å². The van der Waals surface area contributed by atoms with Crippen molar-refractivity contribution in [2.24, 2.45) is 7.05 Å². The third kappa shape index (κ3) is 4.37. The molecule has 1 atom stereocenters. The lowest BCUT2D eigenvalue weighted by atomic mass is 9.98. The topological polar surface area (TPSA) is 89.9 Å². The highest BCUT2D eigenvalue weighted by molar-refractivity contribution is 7.15. The van der Waals surface area contributed by atoms with Gasteiger partial charge in [-0.15, -0.1) is 21.5 Å². The second-order valence-corrected chi connectivity index (χ2v) is 9.77. The van der Waals surface area contributed by atoms with Crippen LogP contribution in [0.5, 0.6) is 0 Å². The molecule has 1 unspecified atom stereocenters. The smallest absolute Gasteiger partial charge is 0.274 e. The van der Waals surface area contributed by atoms with Gasteiger partial charge in [0.05, 0.1) is 15.6 Å². The van der Waals surface area contributed by atoms with Crippen LogP contribution < -0.4 is 0 Å². The summed E-state index contributed by atoms with van der Waals surface area (Å²) in [5.74, 6) is 0.483. The standard InChI is InChI=1S/C24H25FN6O2S/c1-14-12-19(30(3)29-14)23-28-27-20(33-23)13-18-6-4-5-11-31(18)24(32)21-22(34-15(2)26-21)16-7-9-17(25)10-8-16/h7-10,12,18H,4-6,11,13H2,1-3H3. The number of aromatic nitrogens is 5. The van der Waals surface area contributed by atoms with Crippen molar-refractivity contribution in [3.05, 3.63) is 58.4 Å². The van der Waals surface area contributed by atoms with Crippen LogP contribution in [0.4, 0.5) is 4.39 Å². The van der Waals surface area contributed by atoms with Gasteiger partial charge in [0, 0.05) is 26.1 Å². The molecule has 0 bridgehead atoms. The van der Waals surface area contributed by atoms with Crippen LogP contribution in [0, 0.1) is 19.7 Å². The van der Waals surface area contributed by atoms with Crippen molar-refractivity contribution in [3.63, 3.8) is 0 Å². The van der Waals surface area contributed by atoms with Gasteiger partial charge in [-0.25, -0.2) is 9.37 Å². The molecule has 176 valence electrons. The summed E-state index contributed by atoms with van der Waals surface area (Å²) in [6.45, 7) is 4.43. The minimum atomic E-state index is -0.311. The van der Waals surface area contributed by atoms with Gasteiger partial charge >= 0.3 is 0 Å². The molecule has 1 aliphatic rings. The molecule has 0 aliphatic carbocycles. The van der Waals surface area contributed by atoms with Crippen LogP contribution in [0.2, 0.25) is 0 Å². The Morgan fingerprint density at radius 1 is 1.21 bits per heavy atom. The van der Waals surface area contributed by atoms with E-state index in [1.165, 1.54) is 23.5 Å². The minimum absolute atomic E-state index is 0.0640. The van der Waals surface area contributed by atoms with Crippen molar-refractivity contribution in [3.8, 4) is 22.0 Å². The first kappa shape index (κ1) is 22.4.